The van der Waals surface area contributed by atoms with Gasteiger partial charge >= 0.3 is 0 Å². The molecule has 0 saturated heterocycles. The molecule has 3 nitrogen and oxygen atoms in total. The van der Waals surface area contributed by atoms with Crippen LogP contribution in [0.2, 0.25) is 0 Å². The van der Waals surface area contributed by atoms with Crippen LogP contribution in [0.15, 0.2) is 30.5 Å². The van der Waals surface area contributed by atoms with Crippen LogP contribution in [-0.2, 0) is 17.8 Å². The summed E-state index contributed by atoms with van der Waals surface area (Å²) in [5.41, 5.74) is 2.60. The molecule has 98 valence electrons. The molecule has 0 saturated carbocycles. The Kier molecular flexibility index (Phi) is 4.39. The van der Waals surface area contributed by atoms with Gasteiger partial charge in [-0.3, -0.25) is 0 Å². The van der Waals surface area contributed by atoms with Gasteiger partial charge in [-0.05, 0) is 50.0 Å². The van der Waals surface area contributed by atoms with E-state index in [0.29, 0.717) is 6.10 Å². The molecule has 2 aromatic rings. The summed E-state index contributed by atoms with van der Waals surface area (Å²) < 4.78 is 7.85. The molecule has 0 unspecified atom stereocenters. The van der Waals surface area contributed by atoms with E-state index < -0.39 is 0 Å². The highest BCUT2D eigenvalue weighted by atomic mass is 16.5. The number of hydrogen-bond acceptors (Lipinski definition) is 2. The first-order valence-corrected chi connectivity index (χ1v) is 6.54. The summed E-state index contributed by atoms with van der Waals surface area (Å²) in [7, 11) is 1.97. The topological polar surface area (TPSA) is 26.2 Å². The lowest BCUT2D eigenvalue weighted by molar-refractivity contribution is 0.0733. The minimum Gasteiger partial charge on any atom is -0.377 e. The molecule has 18 heavy (non-hydrogen) atoms. The van der Waals surface area contributed by atoms with E-state index in [1.165, 1.54) is 16.5 Å². The Bertz CT molecular complexity index is 502. The molecule has 1 aromatic carbocycles. The van der Waals surface area contributed by atoms with Gasteiger partial charge in [0, 0.05) is 24.8 Å². The summed E-state index contributed by atoms with van der Waals surface area (Å²) in [5.74, 6) is 0. The van der Waals surface area contributed by atoms with Crippen LogP contribution in [-0.4, -0.2) is 24.3 Å². The molecule has 0 aliphatic carbocycles. The molecular weight excluding hydrogens is 224 g/mol. The Balaban J connectivity index is 2.10. The van der Waals surface area contributed by atoms with E-state index in [2.05, 4.69) is 54.2 Å². The van der Waals surface area contributed by atoms with E-state index in [-0.39, 0.29) is 0 Å². The number of nitrogens with zero attached hydrogens (tertiary/aromatic N) is 1. The summed E-state index contributed by atoms with van der Waals surface area (Å²) in [6, 6.07) is 8.78. The quantitative estimate of drug-likeness (QED) is 0.848. The highest BCUT2D eigenvalue weighted by Gasteiger charge is 2.02. The first kappa shape index (κ1) is 13.1. The largest absolute Gasteiger partial charge is 0.377 e. The maximum Gasteiger partial charge on any atom is 0.0649 e. The first-order chi connectivity index (χ1) is 8.70. The van der Waals surface area contributed by atoms with Crippen LogP contribution in [0.4, 0.5) is 0 Å². The number of aromatic nitrogens is 1. The summed E-state index contributed by atoms with van der Waals surface area (Å²) in [5, 5.41) is 4.47. The number of rotatable bonds is 6. The maximum atomic E-state index is 5.60. The standard InChI is InChI=1S/C15H22N2O/c1-12(2)18-9-8-17-7-6-14-10-13(11-16-3)4-5-15(14)17/h4-7,10,12,16H,8-9,11H2,1-3H3. The Morgan fingerprint density at radius 2 is 2.11 bits per heavy atom. The van der Waals surface area contributed by atoms with Gasteiger partial charge in [-0.2, -0.15) is 0 Å². The normalized spacial score (nSPS) is 11.6. The highest BCUT2D eigenvalue weighted by Crippen LogP contribution is 2.17. The molecule has 1 aromatic heterocycles. The lowest BCUT2D eigenvalue weighted by atomic mass is 10.1. The monoisotopic (exact) mass is 246 g/mol. The molecule has 1 heterocycles. The van der Waals surface area contributed by atoms with Crippen LogP contribution < -0.4 is 5.32 Å². The number of benzene rings is 1. The first-order valence-electron chi connectivity index (χ1n) is 6.54. The lowest BCUT2D eigenvalue weighted by Gasteiger charge is -2.09. The summed E-state index contributed by atoms with van der Waals surface area (Å²) >= 11 is 0. The van der Waals surface area contributed by atoms with Crippen molar-refractivity contribution in [3.8, 4) is 0 Å². The van der Waals surface area contributed by atoms with E-state index in [0.717, 1.165) is 19.7 Å². The van der Waals surface area contributed by atoms with Crippen molar-refractivity contribution in [2.24, 2.45) is 0 Å². The molecule has 2 rings (SSSR count). The SMILES string of the molecule is CNCc1ccc2c(ccn2CCOC(C)C)c1. The fourth-order valence-electron chi connectivity index (χ4n) is 2.15. The van der Waals surface area contributed by atoms with E-state index in [1.807, 2.05) is 7.05 Å². The van der Waals surface area contributed by atoms with Gasteiger partial charge in [-0.15, -0.1) is 0 Å². The summed E-state index contributed by atoms with van der Waals surface area (Å²) in [6.45, 7) is 6.72. The zero-order valence-corrected chi connectivity index (χ0v) is 11.4. The van der Waals surface area contributed by atoms with Crippen molar-refractivity contribution in [2.75, 3.05) is 13.7 Å². The van der Waals surface area contributed by atoms with Crippen molar-refractivity contribution in [3.05, 3.63) is 36.0 Å². The van der Waals surface area contributed by atoms with Gasteiger partial charge in [0.1, 0.15) is 0 Å². The average Bonchev–Trinajstić information content (AvgIpc) is 2.72. The van der Waals surface area contributed by atoms with Crippen molar-refractivity contribution < 1.29 is 4.74 Å². The van der Waals surface area contributed by atoms with Gasteiger partial charge in [0.2, 0.25) is 0 Å². The Morgan fingerprint density at radius 3 is 2.83 bits per heavy atom. The van der Waals surface area contributed by atoms with Crippen molar-refractivity contribution in [1.29, 1.82) is 0 Å². The number of ether oxygens (including phenoxy) is 1. The Morgan fingerprint density at radius 1 is 1.28 bits per heavy atom. The molecule has 0 aliphatic rings. The molecule has 0 amide bonds. The second-order valence-electron chi connectivity index (χ2n) is 4.85. The minimum absolute atomic E-state index is 0.300. The molecule has 0 bridgehead atoms. The van der Waals surface area contributed by atoms with Crippen LogP contribution in [0.5, 0.6) is 0 Å². The molecule has 0 radical (unpaired) electrons. The fourth-order valence-corrected chi connectivity index (χ4v) is 2.15. The van der Waals surface area contributed by atoms with Crippen molar-refractivity contribution in [1.82, 2.24) is 9.88 Å². The summed E-state index contributed by atoms with van der Waals surface area (Å²) in [6.07, 6.45) is 2.44. The second kappa shape index (κ2) is 6.03. The highest BCUT2D eigenvalue weighted by molar-refractivity contribution is 5.80. The van der Waals surface area contributed by atoms with Gasteiger partial charge in [-0.25, -0.2) is 0 Å². The van der Waals surface area contributed by atoms with Crippen LogP contribution in [0, 0.1) is 0 Å². The van der Waals surface area contributed by atoms with Crippen LogP contribution >= 0.6 is 0 Å². The number of nitrogens with one attached hydrogen (secondary N) is 1. The second-order valence-corrected chi connectivity index (χ2v) is 4.85. The van der Waals surface area contributed by atoms with Gasteiger partial charge in [0.15, 0.2) is 0 Å². The van der Waals surface area contributed by atoms with Crippen molar-refractivity contribution in [2.45, 2.75) is 33.0 Å². The minimum atomic E-state index is 0.300. The van der Waals surface area contributed by atoms with Crippen LogP contribution in [0.3, 0.4) is 0 Å². The number of hydrogen-bond donors (Lipinski definition) is 1. The van der Waals surface area contributed by atoms with Gasteiger partial charge in [-0.1, -0.05) is 6.07 Å². The van der Waals surface area contributed by atoms with E-state index in [9.17, 15) is 0 Å². The molecule has 0 atom stereocenters. The Labute approximate surface area is 109 Å². The molecule has 1 N–H and O–H groups in total. The van der Waals surface area contributed by atoms with E-state index >= 15 is 0 Å². The Hall–Kier alpha value is -1.32. The van der Waals surface area contributed by atoms with Crippen LogP contribution in [0.1, 0.15) is 19.4 Å². The molecule has 3 heteroatoms. The zero-order chi connectivity index (χ0) is 13.0. The van der Waals surface area contributed by atoms with Gasteiger partial charge in [0.05, 0.1) is 12.7 Å². The van der Waals surface area contributed by atoms with Gasteiger partial charge < -0.3 is 14.6 Å². The molecular formula is C15H22N2O. The molecule has 0 fully saturated rings. The third kappa shape index (κ3) is 3.12. The smallest absolute Gasteiger partial charge is 0.0649 e. The third-order valence-electron chi connectivity index (χ3n) is 3.00. The van der Waals surface area contributed by atoms with Gasteiger partial charge in [0.25, 0.3) is 0 Å². The fraction of sp³-hybridized carbons (Fsp3) is 0.467. The molecule has 0 aliphatic heterocycles. The van der Waals surface area contributed by atoms with Crippen molar-refractivity contribution in [3.63, 3.8) is 0 Å². The van der Waals surface area contributed by atoms with E-state index in [1.54, 1.807) is 0 Å². The predicted octanol–water partition coefficient (Wildman–Crippen LogP) is 2.79. The number of fused-ring (bicyclic) bond motifs is 1. The van der Waals surface area contributed by atoms with E-state index in [4.69, 9.17) is 4.74 Å². The lowest BCUT2D eigenvalue weighted by Crippen LogP contribution is -2.09. The predicted molar refractivity (Wildman–Crippen MR) is 75.8 cm³/mol. The summed E-state index contributed by atoms with van der Waals surface area (Å²) in [4.78, 5) is 0. The third-order valence-corrected chi connectivity index (χ3v) is 3.00. The average molecular weight is 246 g/mol. The maximum absolute atomic E-state index is 5.60. The van der Waals surface area contributed by atoms with Crippen LogP contribution in [0.25, 0.3) is 10.9 Å². The zero-order valence-electron chi connectivity index (χ0n) is 11.4. The van der Waals surface area contributed by atoms with Crippen molar-refractivity contribution >= 4 is 10.9 Å². The molecule has 0 spiro atoms.